The van der Waals surface area contributed by atoms with Crippen LogP contribution in [0.25, 0.3) is 0 Å². The summed E-state index contributed by atoms with van der Waals surface area (Å²) in [5, 5.41) is 0. The van der Waals surface area contributed by atoms with E-state index in [0.717, 1.165) is 5.69 Å². The Morgan fingerprint density at radius 2 is 2.19 bits per heavy atom. The summed E-state index contributed by atoms with van der Waals surface area (Å²) in [6, 6.07) is 4.67. The molecule has 2 rings (SSSR count). The Morgan fingerprint density at radius 3 is 2.88 bits per heavy atom. The fraction of sp³-hybridized carbons (Fsp3) is 0.0909. The number of nitrogens with zero attached hydrogens (tertiary/aromatic N) is 2. The second-order valence-corrected chi connectivity index (χ2v) is 4.19. The van der Waals surface area contributed by atoms with Gasteiger partial charge in [0.15, 0.2) is 0 Å². The van der Waals surface area contributed by atoms with Gasteiger partial charge in [-0.25, -0.2) is 4.39 Å². The van der Waals surface area contributed by atoms with E-state index in [2.05, 4.69) is 9.97 Å². The molecular weight excluding hydrogens is 225 g/mol. The van der Waals surface area contributed by atoms with Crippen molar-refractivity contribution in [3.8, 4) is 0 Å². The molecule has 0 aliphatic carbocycles. The predicted octanol–water partition coefficient (Wildman–Crippen LogP) is 2.49. The van der Waals surface area contributed by atoms with Crippen LogP contribution in [0.1, 0.15) is 5.69 Å². The van der Waals surface area contributed by atoms with E-state index in [1.807, 2.05) is 0 Å². The number of nitrogen functional groups attached to an aromatic ring is 1. The highest BCUT2D eigenvalue weighted by Crippen LogP contribution is 2.25. The Balaban J connectivity index is 2.05. The lowest BCUT2D eigenvalue weighted by Crippen LogP contribution is -1.90. The zero-order valence-electron chi connectivity index (χ0n) is 8.43. The average molecular weight is 235 g/mol. The van der Waals surface area contributed by atoms with Crippen LogP contribution in [0.2, 0.25) is 0 Å². The molecule has 0 fully saturated rings. The molecule has 0 atom stereocenters. The summed E-state index contributed by atoms with van der Waals surface area (Å²) in [5.41, 5.74) is 6.72. The number of aromatic nitrogens is 2. The van der Waals surface area contributed by atoms with Crippen LogP contribution in [-0.4, -0.2) is 9.97 Å². The molecule has 1 aromatic heterocycles. The quantitative estimate of drug-likeness (QED) is 0.656. The van der Waals surface area contributed by atoms with Gasteiger partial charge in [0.2, 0.25) is 0 Å². The lowest BCUT2D eigenvalue weighted by atomic mass is 10.3. The first-order valence-electron chi connectivity index (χ1n) is 4.68. The van der Waals surface area contributed by atoms with E-state index in [4.69, 9.17) is 5.73 Å². The monoisotopic (exact) mass is 235 g/mol. The van der Waals surface area contributed by atoms with Crippen molar-refractivity contribution in [1.29, 1.82) is 0 Å². The van der Waals surface area contributed by atoms with Crippen molar-refractivity contribution in [2.24, 2.45) is 0 Å². The highest BCUT2D eigenvalue weighted by atomic mass is 32.2. The molecule has 1 aromatic carbocycles. The molecule has 0 unspecified atom stereocenters. The van der Waals surface area contributed by atoms with Crippen molar-refractivity contribution in [2.45, 2.75) is 10.6 Å². The average Bonchev–Trinajstić information content (AvgIpc) is 2.29. The van der Waals surface area contributed by atoms with Gasteiger partial charge in [-0.15, -0.1) is 11.8 Å². The number of benzene rings is 1. The molecule has 0 saturated heterocycles. The van der Waals surface area contributed by atoms with Crippen molar-refractivity contribution in [1.82, 2.24) is 9.97 Å². The van der Waals surface area contributed by atoms with Crippen LogP contribution in [0.4, 0.5) is 10.1 Å². The Morgan fingerprint density at radius 1 is 1.31 bits per heavy atom. The van der Waals surface area contributed by atoms with Crippen LogP contribution >= 0.6 is 11.8 Å². The first kappa shape index (κ1) is 10.9. The summed E-state index contributed by atoms with van der Waals surface area (Å²) >= 11 is 1.38. The Labute approximate surface area is 96.9 Å². The first-order valence-corrected chi connectivity index (χ1v) is 5.67. The molecule has 0 amide bonds. The molecule has 0 aliphatic rings. The smallest absolute Gasteiger partial charge is 0.138 e. The zero-order valence-corrected chi connectivity index (χ0v) is 9.25. The molecule has 0 bridgehead atoms. The fourth-order valence-corrected chi connectivity index (χ4v) is 2.00. The van der Waals surface area contributed by atoms with Gasteiger partial charge in [-0.05, 0) is 18.2 Å². The summed E-state index contributed by atoms with van der Waals surface area (Å²) in [6.07, 6.45) is 4.90. The van der Waals surface area contributed by atoms with Gasteiger partial charge < -0.3 is 5.73 Å². The molecule has 2 N–H and O–H groups in total. The highest BCUT2D eigenvalue weighted by Gasteiger charge is 2.04. The second kappa shape index (κ2) is 4.94. The topological polar surface area (TPSA) is 51.8 Å². The van der Waals surface area contributed by atoms with Crippen LogP contribution in [0.5, 0.6) is 0 Å². The minimum Gasteiger partial charge on any atom is -0.399 e. The number of nitrogens with two attached hydrogens (primary N) is 1. The van der Waals surface area contributed by atoms with Gasteiger partial charge in [0.05, 0.1) is 5.69 Å². The van der Waals surface area contributed by atoms with Crippen molar-refractivity contribution >= 4 is 17.4 Å². The van der Waals surface area contributed by atoms with Crippen molar-refractivity contribution in [2.75, 3.05) is 5.73 Å². The Hall–Kier alpha value is -1.62. The van der Waals surface area contributed by atoms with Crippen LogP contribution in [0, 0.1) is 5.82 Å². The third-order valence-corrected chi connectivity index (χ3v) is 3.03. The lowest BCUT2D eigenvalue weighted by molar-refractivity contribution is 0.602. The van der Waals surface area contributed by atoms with Gasteiger partial charge in [-0.2, -0.15) is 0 Å². The van der Waals surface area contributed by atoms with Crippen molar-refractivity contribution in [3.05, 3.63) is 48.3 Å². The van der Waals surface area contributed by atoms with Crippen LogP contribution < -0.4 is 5.73 Å². The summed E-state index contributed by atoms with van der Waals surface area (Å²) < 4.78 is 13.4. The normalized spacial score (nSPS) is 10.3. The molecule has 0 saturated carbocycles. The number of thioether (sulfide) groups is 1. The van der Waals surface area contributed by atoms with Gasteiger partial charge >= 0.3 is 0 Å². The van der Waals surface area contributed by atoms with Gasteiger partial charge in [-0.1, -0.05) is 0 Å². The summed E-state index contributed by atoms with van der Waals surface area (Å²) in [6.45, 7) is 0. The maximum absolute atomic E-state index is 13.4. The minimum atomic E-state index is -0.297. The van der Waals surface area contributed by atoms with Gasteiger partial charge in [0.25, 0.3) is 0 Å². The largest absolute Gasteiger partial charge is 0.399 e. The lowest BCUT2D eigenvalue weighted by Gasteiger charge is -2.03. The van der Waals surface area contributed by atoms with Gasteiger partial charge in [0, 0.05) is 34.9 Å². The molecular formula is C11H10FN3S. The number of anilines is 1. The van der Waals surface area contributed by atoms with Crippen molar-refractivity contribution < 1.29 is 4.39 Å². The molecule has 5 heteroatoms. The van der Waals surface area contributed by atoms with Crippen molar-refractivity contribution in [3.63, 3.8) is 0 Å². The molecule has 0 spiro atoms. The summed E-state index contributed by atoms with van der Waals surface area (Å²) in [7, 11) is 0. The van der Waals surface area contributed by atoms with E-state index in [0.29, 0.717) is 16.3 Å². The van der Waals surface area contributed by atoms with E-state index in [1.54, 1.807) is 30.7 Å². The SMILES string of the molecule is Nc1ccc(SCc2cnccn2)c(F)c1. The number of halogens is 1. The predicted molar refractivity (Wildman–Crippen MR) is 62.4 cm³/mol. The molecule has 2 aromatic rings. The van der Waals surface area contributed by atoms with E-state index in [1.165, 1.54) is 17.8 Å². The summed E-state index contributed by atoms with van der Waals surface area (Å²) in [4.78, 5) is 8.62. The maximum Gasteiger partial charge on any atom is 0.138 e. The first-order chi connectivity index (χ1) is 7.75. The van der Waals surface area contributed by atoms with Crippen LogP contribution in [0.3, 0.4) is 0 Å². The van der Waals surface area contributed by atoms with E-state index in [9.17, 15) is 4.39 Å². The minimum absolute atomic E-state index is 0.297. The zero-order chi connectivity index (χ0) is 11.4. The second-order valence-electron chi connectivity index (χ2n) is 3.18. The Bertz CT molecular complexity index is 476. The van der Waals surface area contributed by atoms with E-state index < -0.39 is 0 Å². The van der Waals surface area contributed by atoms with Gasteiger partial charge in [0.1, 0.15) is 5.82 Å². The molecule has 3 nitrogen and oxygen atoms in total. The van der Waals surface area contributed by atoms with Crippen LogP contribution in [0.15, 0.2) is 41.7 Å². The molecule has 0 aliphatic heterocycles. The van der Waals surface area contributed by atoms with E-state index in [-0.39, 0.29) is 5.82 Å². The van der Waals surface area contributed by atoms with E-state index >= 15 is 0 Å². The molecule has 1 heterocycles. The molecule has 16 heavy (non-hydrogen) atoms. The molecule has 82 valence electrons. The number of rotatable bonds is 3. The Kier molecular flexibility index (Phi) is 3.36. The molecule has 0 radical (unpaired) electrons. The fourth-order valence-electron chi connectivity index (χ4n) is 1.19. The highest BCUT2D eigenvalue weighted by molar-refractivity contribution is 7.98. The third-order valence-electron chi connectivity index (χ3n) is 1.95. The summed E-state index contributed by atoms with van der Waals surface area (Å²) in [5.74, 6) is 0.295. The van der Waals surface area contributed by atoms with Crippen LogP contribution in [-0.2, 0) is 5.75 Å². The number of hydrogen-bond acceptors (Lipinski definition) is 4. The number of hydrogen-bond donors (Lipinski definition) is 1. The standard InChI is InChI=1S/C11H10FN3S/c12-10-5-8(13)1-2-11(10)16-7-9-6-14-3-4-15-9/h1-6H,7,13H2. The maximum atomic E-state index is 13.4. The third kappa shape index (κ3) is 2.70. The van der Waals surface area contributed by atoms with Gasteiger partial charge in [-0.3, -0.25) is 9.97 Å².